The van der Waals surface area contributed by atoms with Crippen LogP contribution < -0.4 is 0 Å². The van der Waals surface area contributed by atoms with Gasteiger partial charge in [-0.2, -0.15) is 15.1 Å². The van der Waals surface area contributed by atoms with Crippen LogP contribution in [0.15, 0.2) is 70.4 Å². The molecule has 0 unspecified atom stereocenters. The lowest BCUT2D eigenvalue weighted by atomic mass is 10.1. The monoisotopic (exact) mass is 510 g/mol. The molecule has 3 aliphatic heterocycles. The number of aryl methyl sites for hydroxylation is 1. The second-order valence-corrected chi connectivity index (χ2v) is 10.5. The van der Waals surface area contributed by atoms with E-state index >= 15 is 0 Å². The number of hydrogen-bond donors (Lipinski definition) is 1. The van der Waals surface area contributed by atoms with Crippen molar-refractivity contribution < 1.29 is 9.59 Å². The molecule has 0 aliphatic carbocycles. The van der Waals surface area contributed by atoms with Crippen molar-refractivity contribution in [2.45, 2.75) is 32.7 Å². The Morgan fingerprint density at radius 2 is 1.95 bits per heavy atom. The topological polar surface area (TPSA) is 94.1 Å². The summed E-state index contributed by atoms with van der Waals surface area (Å²) in [7, 11) is 0. The molecule has 0 radical (unpaired) electrons. The highest BCUT2D eigenvalue weighted by Gasteiger charge is 2.36. The summed E-state index contributed by atoms with van der Waals surface area (Å²) in [6.07, 6.45) is 5.96. The molecule has 0 atom stereocenters. The van der Waals surface area contributed by atoms with Gasteiger partial charge in [-0.05, 0) is 49.2 Å². The van der Waals surface area contributed by atoms with E-state index in [1.54, 1.807) is 6.08 Å². The van der Waals surface area contributed by atoms with Crippen molar-refractivity contribution in [2.75, 3.05) is 13.1 Å². The summed E-state index contributed by atoms with van der Waals surface area (Å²) in [5.74, 6) is -0.470. The van der Waals surface area contributed by atoms with Crippen LogP contribution in [0.5, 0.6) is 0 Å². The number of hydrazone groups is 1. The number of para-hydroxylation sites is 1. The van der Waals surface area contributed by atoms with Crippen molar-refractivity contribution in [1.29, 1.82) is 5.41 Å². The Bertz CT molecular complexity index is 1540. The first-order chi connectivity index (χ1) is 18.0. The third-order valence-corrected chi connectivity index (χ3v) is 7.72. The zero-order valence-corrected chi connectivity index (χ0v) is 21.3. The Morgan fingerprint density at radius 3 is 2.76 bits per heavy atom. The standard InChI is InChI=1S/C28H26N6O2S/c1-18-7-6-8-19(13-18)16-33-17-20(21-9-2-3-10-23(21)33)14-22-26(29)34-28(30-27(22)36)37-24(31-34)15-25(35)32-11-4-5-12-32/h2-3,6-10,13-14,17,29H,4-5,11-12,15-16H2,1H3/b22-14+,29-26?. The summed E-state index contributed by atoms with van der Waals surface area (Å²) < 4.78 is 2.16. The molecule has 2 aromatic carbocycles. The Kier molecular flexibility index (Phi) is 6.00. The van der Waals surface area contributed by atoms with Crippen LogP contribution in [0.2, 0.25) is 0 Å². The van der Waals surface area contributed by atoms with E-state index in [0.29, 0.717) is 16.8 Å². The number of aromatic nitrogens is 1. The van der Waals surface area contributed by atoms with Gasteiger partial charge in [-0.1, -0.05) is 48.0 Å². The van der Waals surface area contributed by atoms with Crippen molar-refractivity contribution >= 4 is 56.6 Å². The van der Waals surface area contributed by atoms with Crippen molar-refractivity contribution in [1.82, 2.24) is 14.5 Å². The normalized spacial score (nSPS) is 18.6. The molecule has 1 aromatic heterocycles. The van der Waals surface area contributed by atoms with Gasteiger partial charge in [0.1, 0.15) is 5.04 Å². The predicted molar refractivity (Wildman–Crippen MR) is 148 cm³/mol. The molecule has 4 heterocycles. The zero-order valence-electron chi connectivity index (χ0n) is 20.5. The van der Waals surface area contributed by atoms with Crippen LogP contribution in [-0.2, 0) is 16.1 Å². The molecule has 0 saturated carbocycles. The quantitative estimate of drug-likeness (QED) is 0.507. The Balaban J connectivity index is 1.29. The number of thioether (sulfide) groups is 1. The van der Waals surface area contributed by atoms with Gasteiger partial charge in [0.2, 0.25) is 11.1 Å². The average molecular weight is 511 g/mol. The number of carbonyl (C=O) groups is 2. The molecule has 2 amide bonds. The van der Waals surface area contributed by atoms with Crippen molar-refractivity contribution in [2.24, 2.45) is 10.1 Å². The van der Waals surface area contributed by atoms with Crippen LogP contribution in [-0.4, -0.2) is 55.4 Å². The Labute approximate surface area is 218 Å². The van der Waals surface area contributed by atoms with Gasteiger partial charge in [0.25, 0.3) is 5.91 Å². The summed E-state index contributed by atoms with van der Waals surface area (Å²) >= 11 is 1.19. The first kappa shape index (κ1) is 23.4. The fraction of sp³-hybridized carbons (Fsp3) is 0.250. The summed E-state index contributed by atoms with van der Waals surface area (Å²) in [6.45, 7) is 4.33. The third-order valence-electron chi connectivity index (χ3n) is 6.81. The minimum atomic E-state index is -0.471. The Morgan fingerprint density at radius 1 is 1.14 bits per heavy atom. The average Bonchev–Trinajstić information content (AvgIpc) is 3.62. The summed E-state index contributed by atoms with van der Waals surface area (Å²) in [5, 5.41) is 16.5. The smallest absolute Gasteiger partial charge is 0.283 e. The molecule has 8 nitrogen and oxygen atoms in total. The van der Waals surface area contributed by atoms with Crippen LogP contribution in [0.3, 0.4) is 0 Å². The van der Waals surface area contributed by atoms with Crippen LogP contribution in [0.1, 0.15) is 36.0 Å². The zero-order chi connectivity index (χ0) is 25.5. The predicted octanol–water partition coefficient (Wildman–Crippen LogP) is 4.63. The molecule has 0 spiro atoms. The van der Waals surface area contributed by atoms with E-state index in [4.69, 9.17) is 5.41 Å². The minimum Gasteiger partial charge on any atom is -0.342 e. The number of hydrogen-bond acceptors (Lipinski definition) is 5. The SMILES string of the molecule is Cc1cccc(Cn2cc(/C=C3\C(=N)N4N=C(CC(=O)N5CCCC5)SC4=NC3=O)c3ccccc32)c1. The molecule has 1 fully saturated rings. The van der Waals surface area contributed by atoms with Gasteiger partial charge in [-0.3, -0.25) is 15.0 Å². The summed E-state index contributed by atoms with van der Waals surface area (Å²) in [6, 6.07) is 16.4. The van der Waals surface area contributed by atoms with Gasteiger partial charge in [0.05, 0.1) is 12.0 Å². The number of fused-ring (bicyclic) bond motifs is 2. The number of benzene rings is 2. The fourth-order valence-electron chi connectivity index (χ4n) is 4.99. The summed E-state index contributed by atoms with van der Waals surface area (Å²) in [4.78, 5) is 31.6. The van der Waals surface area contributed by atoms with Crippen molar-refractivity contribution in [3.8, 4) is 0 Å². The molecule has 6 rings (SSSR count). The molecular formula is C28H26N6O2S. The maximum atomic E-state index is 13.0. The van der Waals surface area contributed by atoms with E-state index in [0.717, 1.165) is 42.4 Å². The Hall–Kier alpha value is -3.98. The highest BCUT2D eigenvalue weighted by atomic mass is 32.2. The first-order valence-corrected chi connectivity index (χ1v) is 13.2. The number of rotatable bonds is 5. The van der Waals surface area contributed by atoms with Gasteiger partial charge < -0.3 is 9.47 Å². The number of amidine groups is 2. The van der Waals surface area contributed by atoms with Crippen LogP contribution in [0.25, 0.3) is 17.0 Å². The van der Waals surface area contributed by atoms with Gasteiger partial charge in [0.15, 0.2) is 5.84 Å². The van der Waals surface area contributed by atoms with Crippen LogP contribution >= 0.6 is 11.8 Å². The van der Waals surface area contributed by atoms with E-state index in [2.05, 4.69) is 51.9 Å². The van der Waals surface area contributed by atoms with Crippen LogP contribution in [0.4, 0.5) is 0 Å². The number of nitrogens with zero attached hydrogens (tertiary/aromatic N) is 5. The lowest BCUT2D eigenvalue weighted by Gasteiger charge is -2.20. The highest BCUT2D eigenvalue weighted by molar-refractivity contribution is 8.27. The molecule has 3 aliphatic rings. The van der Waals surface area contributed by atoms with E-state index in [-0.39, 0.29) is 23.7 Å². The van der Waals surface area contributed by atoms with Gasteiger partial charge in [-0.15, -0.1) is 0 Å². The van der Waals surface area contributed by atoms with E-state index in [1.165, 1.54) is 27.9 Å². The van der Waals surface area contributed by atoms with E-state index in [1.807, 2.05) is 29.3 Å². The summed E-state index contributed by atoms with van der Waals surface area (Å²) in [5.41, 5.74) is 4.47. The molecule has 0 bridgehead atoms. The lowest BCUT2D eigenvalue weighted by molar-refractivity contribution is -0.128. The van der Waals surface area contributed by atoms with Gasteiger partial charge in [-0.25, -0.2) is 0 Å². The second-order valence-electron chi connectivity index (χ2n) is 9.50. The number of carbonyl (C=O) groups excluding carboxylic acids is 2. The first-order valence-electron chi connectivity index (χ1n) is 12.4. The van der Waals surface area contributed by atoms with E-state index < -0.39 is 5.91 Å². The largest absolute Gasteiger partial charge is 0.342 e. The number of likely N-dealkylation sites (tertiary alicyclic amines) is 1. The molecular weight excluding hydrogens is 484 g/mol. The maximum Gasteiger partial charge on any atom is 0.283 e. The van der Waals surface area contributed by atoms with Gasteiger partial charge in [0, 0.05) is 42.3 Å². The van der Waals surface area contributed by atoms with Crippen molar-refractivity contribution in [3.05, 3.63) is 77.0 Å². The molecule has 3 aromatic rings. The number of aliphatic imine (C=N–C) groups is 1. The molecule has 1 N–H and O–H groups in total. The molecule has 37 heavy (non-hydrogen) atoms. The minimum absolute atomic E-state index is 0.0263. The van der Waals surface area contributed by atoms with Crippen molar-refractivity contribution in [3.63, 3.8) is 0 Å². The highest BCUT2D eigenvalue weighted by Crippen LogP contribution is 2.31. The molecule has 1 saturated heterocycles. The second kappa shape index (κ2) is 9.48. The van der Waals surface area contributed by atoms with Crippen LogP contribution in [0, 0.1) is 12.3 Å². The molecule has 9 heteroatoms. The fourth-order valence-corrected chi connectivity index (χ4v) is 5.87. The molecule has 186 valence electrons. The third kappa shape index (κ3) is 4.51. The number of amides is 2. The van der Waals surface area contributed by atoms with Gasteiger partial charge >= 0.3 is 0 Å². The number of nitrogens with one attached hydrogen (secondary N) is 1. The van der Waals surface area contributed by atoms with E-state index in [9.17, 15) is 9.59 Å². The maximum absolute atomic E-state index is 13.0. The lowest BCUT2D eigenvalue weighted by Crippen LogP contribution is -2.35.